The average Bonchev–Trinajstić information content (AvgIpc) is 3.69. The Balaban J connectivity index is 1.10. The maximum atomic E-state index is 11.3. The second-order valence-corrected chi connectivity index (χ2v) is 14.8. The minimum absolute atomic E-state index is 0.209. The van der Waals surface area contributed by atoms with E-state index in [1.54, 1.807) is 18.2 Å². The van der Waals surface area contributed by atoms with Gasteiger partial charge in [0.2, 0.25) is 17.2 Å². The monoisotopic (exact) mass is 801 g/mol. The molecule has 0 atom stereocenters. The molecular weight excluding hydrogens is 767 g/mol. The molecule has 0 aliphatic heterocycles. The molecular formula is C52H35NO8. The molecule has 0 unspecified atom stereocenters. The van der Waals surface area contributed by atoms with Gasteiger partial charge in [-0.1, -0.05) is 127 Å². The zero-order valence-corrected chi connectivity index (χ0v) is 32.2. The van der Waals surface area contributed by atoms with E-state index in [1.807, 2.05) is 114 Å². The van der Waals surface area contributed by atoms with Crippen LogP contribution >= 0.6 is 0 Å². The topological polar surface area (TPSA) is 158 Å². The first-order valence-electron chi connectivity index (χ1n) is 19.4. The van der Waals surface area contributed by atoms with E-state index < -0.39 is 51.0 Å². The van der Waals surface area contributed by atoms with E-state index in [0.29, 0.717) is 5.69 Å². The smallest absolute Gasteiger partial charge is 0.205 e. The van der Waals surface area contributed by atoms with Crippen LogP contribution in [-0.2, 0) is 0 Å². The van der Waals surface area contributed by atoms with Crippen LogP contribution in [0.2, 0.25) is 0 Å². The van der Waals surface area contributed by atoms with Gasteiger partial charge in [0, 0.05) is 44.3 Å². The fourth-order valence-corrected chi connectivity index (χ4v) is 8.22. The Labute approximate surface area is 348 Å². The summed E-state index contributed by atoms with van der Waals surface area (Å²) < 4.78 is 6.34. The zero-order valence-electron chi connectivity index (χ0n) is 32.2. The lowest BCUT2D eigenvalue weighted by molar-refractivity contribution is 0.347. The van der Waals surface area contributed by atoms with Gasteiger partial charge in [0.15, 0.2) is 23.0 Å². The highest BCUT2D eigenvalue weighted by atomic mass is 16.4. The van der Waals surface area contributed by atoms with Crippen molar-refractivity contribution < 1.29 is 40.2 Å². The van der Waals surface area contributed by atoms with Gasteiger partial charge in [0.1, 0.15) is 11.2 Å². The van der Waals surface area contributed by atoms with Crippen LogP contribution in [0.3, 0.4) is 0 Å². The molecule has 0 amide bonds. The van der Waals surface area contributed by atoms with Crippen molar-refractivity contribution in [3.05, 3.63) is 170 Å². The molecule has 1 heterocycles. The molecule has 10 aromatic rings. The summed E-state index contributed by atoms with van der Waals surface area (Å²) in [5, 5.41) is 76.6. The van der Waals surface area contributed by atoms with E-state index >= 15 is 0 Å². The highest BCUT2D eigenvalue weighted by molar-refractivity contribution is 6.13. The predicted molar refractivity (Wildman–Crippen MR) is 239 cm³/mol. The number of nitrogens with zero attached hydrogens (tertiary/aromatic N) is 1. The van der Waals surface area contributed by atoms with E-state index in [-0.39, 0.29) is 11.1 Å². The number of furan rings is 1. The largest absolute Gasteiger partial charge is 0.504 e. The van der Waals surface area contributed by atoms with Gasteiger partial charge in [-0.25, -0.2) is 0 Å². The average molecular weight is 802 g/mol. The van der Waals surface area contributed by atoms with Gasteiger partial charge in [-0.3, -0.25) is 0 Å². The third-order valence-corrected chi connectivity index (χ3v) is 11.3. The summed E-state index contributed by atoms with van der Waals surface area (Å²) in [6.07, 6.45) is 0. The van der Waals surface area contributed by atoms with Crippen LogP contribution in [0.4, 0.5) is 17.1 Å². The summed E-state index contributed by atoms with van der Waals surface area (Å²) in [6.45, 7) is 0. The summed E-state index contributed by atoms with van der Waals surface area (Å²) in [5.41, 5.74) is 9.91. The van der Waals surface area contributed by atoms with E-state index in [9.17, 15) is 35.7 Å². The van der Waals surface area contributed by atoms with Crippen molar-refractivity contribution in [3.63, 3.8) is 0 Å². The van der Waals surface area contributed by atoms with Crippen molar-refractivity contribution in [1.82, 2.24) is 0 Å². The second-order valence-electron chi connectivity index (χ2n) is 14.8. The molecule has 9 aromatic carbocycles. The van der Waals surface area contributed by atoms with Crippen molar-refractivity contribution in [2.24, 2.45) is 0 Å². The Kier molecular flexibility index (Phi) is 8.66. The number of anilines is 3. The maximum absolute atomic E-state index is 11.3. The third kappa shape index (κ3) is 6.03. The fraction of sp³-hybridized carbons (Fsp3) is 0. The summed E-state index contributed by atoms with van der Waals surface area (Å²) in [6, 6.07) is 55.6. The van der Waals surface area contributed by atoms with E-state index in [2.05, 4.69) is 42.5 Å². The molecule has 9 heteroatoms. The molecule has 0 fully saturated rings. The lowest BCUT2D eigenvalue weighted by atomic mass is 9.93. The quantitative estimate of drug-likeness (QED) is 0.0615. The molecule has 0 aliphatic carbocycles. The van der Waals surface area contributed by atoms with Gasteiger partial charge < -0.3 is 45.1 Å². The Morgan fingerprint density at radius 2 is 0.803 bits per heavy atom. The lowest BCUT2D eigenvalue weighted by Gasteiger charge is -2.27. The number of aromatic hydroxyl groups is 7. The van der Waals surface area contributed by atoms with Crippen molar-refractivity contribution in [2.75, 3.05) is 4.90 Å². The van der Waals surface area contributed by atoms with Crippen molar-refractivity contribution in [1.29, 1.82) is 0 Å². The van der Waals surface area contributed by atoms with Gasteiger partial charge >= 0.3 is 0 Å². The Hall–Kier alpha value is -8.56. The summed E-state index contributed by atoms with van der Waals surface area (Å²) >= 11 is 0. The standard InChI is InChI=1S/C52H35NO8/c54-45-42(43-44(47(56)49(45)58)48(57)51(60)50(59)46(43)55)34-10-6-11-37(28-34)53(35-24-20-32(21-25-35)31-18-16-30(17-19-31)29-8-2-1-3-9-29)36-26-22-33(23-27-36)38-13-7-14-40-39-12-4-5-15-41(39)61-52(38)40/h1-28,54-60H. The number of phenolic OH excluding ortho intramolecular Hbond substituents is 7. The predicted octanol–water partition coefficient (Wildman–Crippen LogP) is 12.8. The highest BCUT2D eigenvalue weighted by Gasteiger charge is 2.29. The number of hydrogen-bond donors (Lipinski definition) is 7. The fourth-order valence-electron chi connectivity index (χ4n) is 8.22. The van der Waals surface area contributed by atoms with Crippen LogP contribution < -0.4 is 4.90 Å². The minimum atomic E-state index is -1.10. The van der Waals surface area contributed by atoms with Gasteiger partial charge in [0.25, 0.3) is 0 Å². The van der Waals surface area contributed by atoms with Gasteiger partial charge in [-0.05, 0) is 75.8 Å². The van der Waals surface area contributed by atoms with Crippen LogP contribution in [0.1, 0.15) is 0 Å². The van der Waals surface area contributed by atoms with E-state index in [1.165, 1.54) is 0 Å². The molecule has 0 aliphatic rings. The third-order valence-electron chi connectivity index (χ3n) is 11.3. The molecule has 9 nitrogen and oxygen atoms in total. The zero-order chi connectivity index (χ0) is 41.9. The summed E-state index contributed by atoms with van der Waals surface area (Å²) in [7, 11) is 0. The summed E-state index contributed by atoms with van der Waals surface area (Å²) in [5.74, 6) is -6.90. The van der Waals surface area contributed by atoms with Crippen LogP contribution in [0.15, 0.2) is 174 Å². The summed E-state index contributed by atoms with van der Waals surface area (Å²) in [4.78, 5) is 2.00. The molecule has 7 N–H and O–H groups in total. The van der Waals surface area contributed by atoms with Gasteiger partial charge in [-0.2, -0.15) is 0 Å². The first-order chi connectivity index (χ1) is 29.7. The number of hydrogen-bond acceptors (Lipinski definition) is 9. The molecule has 0 spiro atoms. The van der Waals surface area contributed by atoms with Crippen molar-refractivity contribution in [3.8, 4) is 84.8 Å². The van der Waals surface area contributed by atoms with Crippen molar-refractivity contribution >= 4 is 49.8 Å². The Bertz CT molecular complexity index is 3300. The first kappa shape index (κ1) is 36.8. The molecule has 296 valence electrons. The molecule has 0 saturated heterocycles. The first-order valence-corrected chi connectivity index (χ1v) is 19.4. The number of para-hydroxylation sites is 2. The SMILES string of the molecule is Oc1c(O)c(O)c2c(-c3cccc(N(c4ccc(-c5ccc(-c6ccccc6)cc5)cc4)c4ccc(-c5cccc6c5oc5ccccc56)cc4)c3)c(O)c(O)c(O)c2c1O. The normalized spacial score (nSPS) is 11.4. The highest BCUT2D eigenvalue weighted by Crippen LogP contribution is 2.59. The van der Waals surface area contributed by atoms with Crippen LogP contribution in [0.5, 0.6) is 40.2 Å². The maximum Gasteiger partial charge on any atom is 0.205 e. The number of fused-ring (bicyclic) bond motifs is 4. The molecule has 0 bridgehead atoms. The van der Waals surface area contributed by atoms with Crippen molar-refractivity contribution in [2.45, 2.75) is 0 Å². The molecule has 0 saturated carbocycles. The number of phenols is 7. The molecule has 10 rings (SSSR count). The van der Waals surface area contributed by atoms with Crippen LogP contribution in [0, 0.1) is 0 Å². The minimum Gasteiger partial charge on any atom is -0.504 e. The number of benzene rings is 9. The Morgan fingerprint density at radius 1 is 0.328 bits per heavy atom. The second kappa shape index (κ2) is 14.4. The number of rotatable bonds is 7. The lowest BCUT2D eigenvalue weighted by Crippen LogP contribution is -2.10. The molecule has 0 radical (unpaired) electrons. The van der Waals surface area contributed by atoms with Crippen LogP contribution in [0.25, 0.3) is 77.2 Å². The molecule has 1 aromatic heterocycles. The van der Waals surface area contributed by atoms with E-state index in [4.69, 9.17) is 4.42 Å². The Morgan fingerprint density at radius 3 is 1.44 bits per heavy atom. The van der Waals surface area contributed by atoms with Crippen LogP contribution in [-0.4, -0.2) is 35.7 Å². The van der Waals surface area contributed by atoms with E-state index in [0.717, 1.165) is 66.7 Å². The molecule has 61 heavy (non-hydrogen) atoms. The van der Waals surface area contributed by atoms with Gasteiger partial charge in [-0.15, -0.1) is 0 Å². The van der Waals surface area contributed by atoms with Gasteiger partial charge in [0.05, 0.1) is 5.39 Å².